The van der Waals surface area contributed by atoms with Crippen LogP contribution in [0.2, 0.25) is 0 Å². The second-order valence-corrected chi connectivity index (χ2v) is 5.95. The second kappa shape index (κ2) is 6.29. The Kier molecular flexibility index (Phi) is 5.28. The van der Waals surface area contributed by atoms with E-state index in [9.17, 15) is 0 Å². The van der Waals surface area contributed by atoms with Gasteiger partial charge >= 0.3 is 0 Å². The molecular weight excluding hydrogens is 247 g/mol. The largest absolute Gasteiger partial charge is 0.497 e. The Morgan fingerprint density at radius 2 is 1.78 bits per heavy atom. The molecule has 1 aromatic rings. The normalized spacial score (nSPS) is 14.6. The van der Waals surface area contributed by atoms with Gasteiger partial charge in [-0.2, -0.15) is 0 Å². The van der Waals surface area contributed by atoms with Gasteiger partial charge < -0.3 is 14.2 Å². The summed E-state index contributed by atoms with van der Waals surface area (Å²) in [5, 5.41) is 0.0904. The van der Waals surface area contributed by atoms with Crippen molar-refractivity contribution in [2.75, 3.05) is 28.0 Å². The van der Waals surface area contributed by atoms with Gasteiger partial charge in [0.1, 0.15) is 5.75 Å². The van der Waals surface area contributed by atoms with Crippen molar-refractivity contribution in [3.63, 3.8) is 0 Å². The lowest BCUT2D eigenvalue weighted by Crippen LogP contribution is -2.16. The summed E-state index contributed by atoms with van der Waals surface area (Å²) in [7, 11) is 5.79. The summed E-state index contributed by atoms with van der Waals surface area (Å²) in [6, 6.07) is 3.92. The fraction of sp³-hybridized carbons (Fsp3) is 0.571. The number of ether oxygens (including phenoxy) is 3. The van der Waals surface area contributed by atoms with Gasteiger partial charge in [0.25, 0.3) is 0 Å². The molecule has 1 aromatic carbocycles. The van der Waals surface area contributed by atoms with Gasteiger partial charge in [-0.05, 0) is 19.2 Å². The van der Waals surface area contributed by atoms with Gasteiger partial charge in [-0.1, -0.05) is 13.8 Å². The molecule has 0 spiro atoms. The third-order valence-electron chi connectivity index (χ3n) is 3.54. The van der Waals surface area contributed by atoms with E-state index in [-0.39, 0.29) is 5.16 Å². The average molecular weight is 270 g/mol. The van der Waals surface area contributed by atoms with Crippen LogP contribution < -0.4 is 14.2 Å². The molecule has 0 aliphatic heterocycles. The molecule has 102 valence electrons. The first-order chi connectivity index (χ1) is 8.56. The molecule has 0 saturated heterocycles. The summed E-state index contributed by atoms with van der Waals surface area (Å²) in [4.78, 5) is 0. The van der Waals surface area contributed by atoms with Crippen LogP contribution in [0.4, 0.5) is 0 Å². The highest BCUT2D eigenvalue weighted by Gasteiger charge is 2.29. The van der Waals surface area contributed by atoms with Gasteiger partial charge in [-0.15, -0.1) is 8.58 Å². The lowest BCUT2D eigenvalue weighted by Gasteiger charge is -2.30. The van der Waals surface area contributed by atoms with Crippen molar-refractivity contribution in [2.24, 2.45) is 0 Å². The van der Waals surface area contributed by atoms with Crippen LogP contribution in [0.1, 0.15) is 25.8 Å². The van der Waals surface area contributed by atoms with Gasteiger partial charge in [-0.3, -0.25) is 0 Å². The van der Waals surface area contributed by atoms with Crippen molar-refractivity contribution < 1.29 is 14.2 Å². The monoisotopic (exact) mass is 270 g/mol. The Morgan fingerprint density at radius 3 is 2.17 bits per heavy atom. The molecule has 0 amide bonds. The van der Waals surface area contributed by atoms with E-state index in [4.69, 9.17) is 14.2 Å². The zero-order chi connectivity index (χ0) is 13.8. The molecule has 0 aromatic heterocycles. The van der Waals surface area contributed by atoms with E-state index in [0.29, 0.717) is 0 Å². The predicted molar refractivity (Wildman–Crippen MR) is 78.0 cm³/mol. The molecule has 18 heavy (non-hydrogen) atoms. The first-order valence-corrected chi connectivity index (χ1v) is 7.55. The van der Waals surface area contributed by atoms with Crippen molar-refractivity contribution in [1.29, 1.82) is 0 Å². The van der Waals surface area contributed by atoms with E-state index >= 15 is 0 Å². The van der Waals surface area contributed by atoms with Gasteiger partial charge in [0.15, 0.2) is 11.5 Å². The first-order valence-electron chi connectivity index (χ1n) is 6.05. The summed E-state index contributed by atoms with van der Waals surface area (Å²) in [5.41, 5.74) is 1.16. The summed E-state index contributed by atoms with van der Waals surface area (Å²) in [6.07, 6.45) is 1.05. The SMILES string of the molecule is CCC(C)(PC)c1cc(OC)cc(OC)c1OC. The minimum Gasteiger partial charge on any atom is -0.497 e. The van der Waals surface area contributed by atoms with Crippen molar-refractivity contribution in [3.05, 3.63) is 17.7 Å². The van der Waals surface area contributed by atoms with E-state index in [1.54, 1.807) is 21.3 Å². The summed E-state index contributed by atoms with van der Waals surface area (Å²) >= 11 is 0. The third-order valence-corrected chi connectivity index (χ3v) is 5.27. The number of rotatable bonds is 6. The molecule has 0 aliphatic carbocycles. The molecule has 0 radical (unpaired) electrons. The molecule has 1 rings (SSSR count). The van der Waals surface area contributed by atoms with Crippen LogP contribution >= 0.6 is 8.58 Å². The van der Waals surface area contributed by atoms with Gasteiger partial charge in [0.05, 0.1) is 21.3 Å². The minimum atomic E-state index is 0.0904. The van der Waals surface area contributed by atoms with E-state index in [1.807, 2.05) is 6.07 Å². The predicted octanol–water partition coefficient (Wildman–Crippen LogP) is 3.65. The molecule has 0 bridgehead atoms. The molecule has 2 atom stereocenters. The molecule has 0 heterocycles. The smallest absolute Gasteiger partial charge is 0.165 e. The molecule has 0 saturated carbocycles. The number of methoxy groups -OCH3 is 3. The lowest BCUT2D eigenvalue weighted by molar-refractivity contribution is 0.341. The highest BCUT2D eigenvalue weighted by atomic mass is 31.1. The van der Waals surface area contributed by atoms with E-state index in [2.05, 4.69) is 26.6 Å². The van der Waals surface area contributed by atoms with Crippen molar-refractivity contribution >= 4 is 8.58 Å². The van der Waals surface area contributed by atoms with Gasteiger partial charge in [-0.25, -0.2) is 0 Å². The summed E-state index contributed by atoms with van der Waals surface area (Å²) < 4.78 is 16.3. The van der Waals surface area contributed by atoms with Crippen LogP contribution in [-0.4, -0.2) is 28.0 Å². The number of hydrogen-bond acceptors (Lipinski definition) is 3. The van der Waals surface area contributed by atoms with Crippen LogP contribution in [-0.2, 0) is 5.16 Å². The zero-order valence-electron chi connectivity index (χ0n) is 12.1. The Hall–Kier alpha value is -0.950. The Bertz CT molecular complexity index is 400. The second-order valence-electron chi connectivity index (χ2n) is 4.35. The van der Waals surface area contributed by atoms with Gasteiger partial charge in [0, 0.05) is 16.8 Å². The highest BCUT2D eigenvalue weighted by Crippen LogP contribution is 2.50. The van der Waals surface area contributed by atoms with Crippen molar-refractivity contribution in [1.82, 2.24) is 0 Å². The van der Waals surface area contributed by atoms with Crippen LogP contribution in [0.3, 0.4) is 0 Å². The number of benzene rings is 1. The Balaban J connectivity index is 3.48. The maximum absolute atomic E-state index is 5.54. The lowest BCUT2D eigenvalue weighted by atomic mass is 9.95. The Labute approximate surface area is 112 Å². The van der Waals surface area contributed by atoms with Crippen LogP contribution in [0, 0.1) is 0 Å². The zero-order valence-corrected chi connectivity index (χ0v) is 13.1. The fourth-order valence-corrected chi connectivity index (χ4v) is 2.78. The average Bonchev–Trinajstić information content (AvgIpc) is 2.44. The van der Waals surface area contributed by atoms with Gasteiger partial charge in [0.2, 0.25) is 0 Å². The highest BCUT2D eigenvalue weighted by molar-refractivity contribution is 7.38. The first kappa shape index (κ1) is 15.1. The van der Waals surface area contributed by atoms with Crippen molar-refractivity contribution in [3.8, 4) is 17.2 Å². The topological polar surface area (TPSA) is 27.7 Å². The minimum absolute atomic E-state index is 0.0904. The van der Waals surface area contributed by atoms with E-state index < -0.39 is 0 Å². The van der Waals surface area contributed by atoms with E-state index in [1.165, 1.54) is 0 Å². The summed E-state index contributed by atoms with van der Waals surface area (Å²) in [6.45, 7) is 6.67. The molecule has 0 fully saturated rings. The van der Waals surface area contributed by atoms with Crippen LogP contribution in [0.5, 0.6) is 17.2 Å². The summed E-state index contributed by atoms with van der Waals surface area (Å²) in [5.74, 6) is 2.35. The fourth-order valence-electron chi connectivity index (χ4n) is 1.97. The standard InChI is InChI=1S/C14H23O3P/c1-7-14(2,18-6)11-8-10(15-3)9-12(16-4)13(11)17-5/h8-9,18H,7H2,1-6H3. The molecule has 3 nitrogen and oxygen atoms in total. The van der Waals surface area contributed by atoms with Crippen molar-refractivity contribution in [2.45, 2.75) is 25.4 Å². The molecule has 0 aliphatic rings. The molecular formula is C14H23O3P. The van der Waals surface area contributed by atoms with E-state index in [0.717, 1.165) is 37.8 Å². The van der Waals surface area contributed by atoms with Crippen LogP contribution in [0.25, 0.3) is 0 Å². The Morgan fingerprint density at radius 1 is 1.11 bits per heavy atom. The maximum atomic E-state index is 5.54. The molecule has 0 N–H and O–H groups in total. The third kappa shape index (κ3) is 2.72. The quantitative estimate of drug-likeness (QED) is 0.738. The molecule has 2 unspecified atom stereocenters. The molecule has 4 heteroatoms. The maximum Gasteiger partial charge on any atom is 0.165 e. The van der Waals surface area contributed by atoms with Crippen LogP contribution in [0.15, 0.2) is 12.1 Å². The number of hydrogen-bond donors (Lipinski definition) is 0.